The van der Waals surface area contributed by atoms with Crippen molar-refractivity contribution in [2.45, 2.75) is 20.0 Å². The van der Waals surface area contributed by atoms with Crippen LogP contribution in [0.25, 0.3) is 0 Å². The zero-order chi connectivity index (χ0) is 13.0. The lowest BCUT2D eigenvalue weighted by molar-refractivity contribution is 0.693. The number of hydrogen-bond acceptors (Lipinski definition) is 1. The van der Waals surface area contributed by atoms with E-state index in [2.05, 4.69) is 36.5 Å². The van der Waals surface area contributed by atoms with Crippen LogP contribution < -0.4 is 5.32 Å². The summed E-state index contributed by atoms with van der Waals surface area (Å²) in [6.45, 7) is 3.66. The second-order valence-corrected chi connectivity index (χ2v) is 5.17. The Kier molecular flexibility index (Phi) is 4.65. The number of benzene rings is 2. The van der Waals surface area contributed by atoms with Crippen molar-refractivity contribution in [2.75, 3.05) is 0 Å². The van der Waals surface area contributed by atoms with Crippen molar-refractivity contribution < 1.29 is 0 Å². The van der Waals surface area contributed by atoms with E-state index in [9.17, 15) is 0 Å². The Hall–Kier alpha value is -1.02. The molecule has 0 heterocycles. The van der Waals surface area contributed by atoms with Gasteiger partial charge in [-0.1, -0.05) is 59.1 Å². The van der Waals surface area contributed by atoms with Crippen molar-refractivity contribution in [1.82, 2.24) is 5.32 Å². The molecule has 0 radical (unpaired) electrons. The van der Waals surface area contributed by atoms with E-state index in [1.165, 1.54) is 11.1 Å². The SMILES string of the molecule is Cc1ccc(CNCc2ccc(Cl)cc2Cl)cc1. The van der Waals surface area contributed by atoms with Gasteiger partial charge in [0.1, 0.15) is 0 Å². The molecule has 0 aliphatic rings. The van der Waals surface area contributed by atoms with Crippen molar-refractivity contribution in [1.29, 1.82) is 0 Å². The lowest BCUT2D eigenvalue weighted by atomic mass is 10.1. The molecular weight excluding hydrogens is 265 g/mol. The maximum absolute atomic E-state index is 6.11. The van der Waals surface area contributed by atoms with E-state index >= 15 is 0 Å². The molecule has 1 nitrogen and oxygen atoms in total. The topological polar surface area (TPSA) is 12.0 Å². The van der Waals surface area contributed by atoms with Crippen molar-refractivity contribution in [3.63, 3.8) is 0 Å². The summed E-state index contributed by atoms with van der Waals surface area (Å²) in [4.78, 5) is 0. The number of nitrogens with one attached hydrogen (secondary N) is 1. The van der Waals surface area contributed by atoms with Gasteiger partial charge in [0.25, 0.3) is 0 Å². The fourth-order valence-corrected chi connectivity index (χ4v) is 2.19. The molecule has 0 unspecified atom stereocenters. The molecule has 0 aromatic heterocycles. The Morgan fingerprint density at radius 2 is 1.67 bits per heavy atom. The summed E-state index contributed by atoms with van der Waals surface area (Å²) in [6.07, 6.45) is 0. The molecule has 0 amide bonds. The fourth-order valence-electron chi connectivity index (χ4n) is 1.71. The van der Waals surface area contributed by atoms with Crippen molar-refractivity contribution in [3.8, 4) is 0 Å². The number of rotatable bonds is 4. The largest absolute Gasteiger partial charge is 0.309 e. The number of hydrogen-bond donors (Lipinski definition) is 1. The molecular formula is C15H15Cl2N. The Bertz CT molecular complexity index is 521. The summed E-state index contributed by atoms with van der Waals surface area (Å²) in [5.41, 5.74) is 3.61. The van der Waals surface area contributed by atoms with E-state index in [1.807, 2.05) is 12.1 Å². The molecule has 0 spiro atoms. The smallest absolute Gasteiger partial charge is 0.0465 e. The van der Waals surface area contributed by atoms with Gasteiger partial charge in [-0.2, -0.15) is 0 Å². The van der Waals surface area contributed by atoms with Crippen LogP contribution in [0.2, 0.25) is 10.0 Å². The predicted octanol–water partition coefficient (Wildman–Crippen LogP) is 4.59. The van der Waals surface area contributed by atoms with Gasteiger partial charge in [0.15, 0.2) is 0 Å². The highest BCUT2D eigenvalue weighted by molar-refractivity contribution is 6.35. The van der Waals surface area contributed by atoms with Crippen LogP contribution in [-0.2, 0) is 13.1 Å². The predicted molar refractivity (Wildman–Crippen MR) is 78.2 cm³/mol. The van der Waals surface area contributed by atoms with Gasteiger partial charge in [-0.15, -0.1) is 0 Å². The zero-order valence-corrected chi connectivity index (χ0v) is 11.7. The Labute approximate surface area is 118 Å². The first-order chi connectivity index (χ1) is 8.65. The second-order valence-electron chi connectivity index (χ2n) is 4.32. The lowest BCUT2D eigenvalue weighted by Gasteiger charge is -2.07. The molecule has 94 valence electrons. The van der Waals surface area contributed by atoms with Gasteiger partial charge in [0.2, 0.25) is 0 Å². The van der Waals surface area contributed by atoms with Crippen molar-refractivity contribution in [2.24, 2.45) is 0 Å². The van der Waals surface area contributed by atoms with Crippen LogP contribution >= 0.6 is 23.2 Å². The van der Waals surface area contributed by atoms with E-state index < -0.39 is 0 Å². The van der Waals surface area contributed by atoms with E-state index in [-0.39, 0.29) is 0 Å². The van der Waals surface area contributed by atoms with Gasteiger partial charge >= 0.3 is 0 Å². The van der Waals surface area contributed by atoms with E-state index in [4.69, 9.17) is 23.2 Å². The molecule has 2 aromatic carbocycles. The molecule has 0 aliphatic carbocycles. The van der Waals surface area contributed by atoms with Gasteiger partial charge in [-0.25, -0.2) is 0 Å². The lowest BCUT2D eigenvalue weighted by Crippen LogP contribution is -2.12. The normalized spacial score (nSPS) is 10.6. The summed E-state index contributed by atoms with van der Waals surface area (Å²) in [5.74, 6) is 0. The van der Waals surface area contributed by atoms with Gasteiger partial charge in [-0.05, 0) is 30.2 Å². The molecule has 2 rings (SSSR count). The maximum atomic E-state index is 6.11. The fraction of sp³-hybridized carbons (Fsp3) is 0.200. The van der Waals surface area contributed by atoms with Crippen LogP contribution in [-0.4, -0.2) is 0 Å². The van der Waals surface area contributed by atoms with Crippen LogP contribution in [0.4, 0.5) is 0 Å². The van der Waals surface area contributed by atoms with E-state index in [0.717, 1.165) is 18.7 Å². The molecule has 1 N–H and O–H groups in total. The third-order valence-corrected chi connectivity index (χ3v) is 3.37. The van der Waals surface area contributed by atoms with Gasteiger partial charge in [0, 0.05) is 23.1 Å². The highest BCUT2D eigenvalue weighted by Crippen LogP contribution is 2.20. The standard InChI is InChI=1S/C15H15Cl2N/c1-11-2-4-12(5-3-11)9-18-10-13-6-7-14(16)8-15(13)17/h2-8,18H,9-10H2,1H3. The molecule has 0 aliphatic heterocycles. The zero-order valence-electron chi connectivity index (χ0n) is 10.2. The molecule has 3 heteroatoms. The summed E-state index contributed by atoms with van der Waals surface area (Å²) in [6, 6.07) is 14.1. The van der Waals surface area contributed by atoms with Crippen LogP contribution in [0.1, 0.15) is 16.7 Å². The van der Waals surface area contributed by atoms with Gasteiger partial charge in [-0.3, -0.25) is 0 Å². The minimum Gasteiger partial charge on any atom is -0.309 e. The molecule has 18 heavy (non-hydrogen) atoms. The minimum atomic E-state index is 0.669. The molecule has 0 atom stereocenters. The summed E-state index contributed by atoms with van der Waals surface area (Å²) >= 11 is 12.0. The van der Waals surface area contributed by atoms with Gasteiger partial charge < -0.3 is 5.32 Å². The minimum absolute atomic E-state index is 0.669. The third kappa shape index (κ3) is 3.74. The van der Waals surface area contributed by atoms with Crippen LogP contribution in [0.3, 0.4) is 0 Å². The van der Waals surface area contributed by atoms with E-state index in [0.29, 0.717) is 10.0 Å². The Balaban J connectivity index is 1.90. The summed E-state index contributed by atoms with van der Waals surface area (Å²) < 4.78 is 0. The molecule has 0 saturated carbocycles. The first kappa shape index (κ1) is 13.4. The summed E-state index contributed by atoms with van der Waals surface area (Å²) in [7, 11) is 0. The Morgan fingerprint density at radius 1 is 0.944 bits per heavy atom. The average molecular weight is 280 g/mol. The Morgan fingerprint density at radius 3 is 2.33 bits per heavy atom. The highest BCUT2D eigenvalue weighted by Gasteiger charge is 2.00. The molecule has 0 fully saturated rings. The number of aryl methyl sites for hydroxylation is 1. The van der Waals surface area contributed by atoms with Crippen LogP contribution in [0.5, 0.6) is 0 Å². The van der Waals surface area contributed by atoms with Crippen LogP contribution in [0.15, 0.2) is 42.5 Å². The molecule has 2 aromatic rings. The highest BCUT2D eigenvalue weighted by atomic mass is 35.5. The van der Waals surface area contributed by atoms with Crippen molar-refractivity contribution >= 4 is 23.2 Å². The first-order valence-electron chi connectivity index (χ1n) is 5.85. The maximum Gasteiger partial charge on any atom is 0.0465 e. The summed E-state index contributed by atoms with van der Waals surface area (Å²) in [5, 5.41) is 4.75. The quantitative estimate of drug-likeness (QED) is 0.863. The number of halogens is 2. The molecule has 0 saturated heterocycles. The first-order valence-corrected chi connectivity index (χ1v) is 6.61. The van der Waals surface area contributed by atoms with Crippen LogP contribution in [0, 0.1) is 6.92 Å². The van der Waals surface area contributed by atoms with E-state index in [1.54, 1.807) is 6.07 Å². The molecule has 0 bridgehead atoms. The second kappa shape index (κ2) is 6.24. The van der Waals surface area contributed by atoms with Crippen molar-refractivity contribution in [3.05, 3.63) is 69.2 Å². The van der Waals surface area contributed by atoms with Gasteiger partial charge in [0.05, 0.1) is 0 Å². The third-order valence-electron chi connectivity index (χ3n) is 2.78. The average Bonchev–Trinajstić information content (AvgIpc) is 2.34. The monoisotopic (exact) mass is 279 g/mol.